The van der Waals surface area contributed by atoms with E-state index in [-0.39, 0.29) is 0 Å². The average Bonchev–Trinajstić information content (AvgIpc) is 2.46. The summed E-state index contributed by atoms with van der Waals surface area (Å²) < 4.78 is 0. The summed E-state index contributed by atoms with van der Waals surface area (Å²) in [5.41, 5.74) is 4.67. The first-order valence-corrected chi connectivity index (χ1v) is 6.74. The third-order valence-electron chi connectivity index (χ3n) is 3.38. The minimum Gasteiger partial charge on any atom is -0.365 e. The number of hydrogen-bond donors (Lipinski definition) is 1. The van der Waals surface area contributed by atoms with E-state index in [9.17, 15) is 0 Å². The minimum atomic E-state index is 0.764. The molecule has 0 saturated carbocycles. The van der Waals surface area contributed by atoms with Crippen LogP contribution in [0.5, 0.6) is 0 Å². The van der Waals surface area contributed by atoms with Crippen LogP contribution in [0.3, 0.4) is 0 Å². The van der Waals surface area contributed by atoms with Crippen LogP contribution in [-0.4, -0.2) is 9.97 Å². The van der Waals surface area contributed by atoms with Crippen molar-refractivity contribution in [2.75, 3.05) is 5.32 Å². The first-order valence-electron chi connectivity index (χ1n) is 6.74. The fraction of sp³-hybridized carbons (Fsp3) is 0.176. The van der Waals surface area contributed by atoms with E-state index < -0.39 is 0 Å². The molecule has 0 amide bonds. The SMILES string of the molecule is Cc1cc(C)c2ncnc(NCc3ccccc3)c2c1. The smallest absolute Gasteiger partial charge is 0.137 e. The van der Waals surface area contributed by atoms with E-state index in [1.807, 2.05) is 18.2 Å². The summed E-state index contributed by atoms with van der Waals surface area (Å²) in [5, 5.41) is 4.49. The van der Waals surface area contributed by atoms with Crippen LogP contribution in [0.4, 0.5) is 5.82 Å². The van der Waals surface area contributed by atoms with Gasteiger partial charge in [0.1, 0.15) is 12.1 Å². The Bertz CT molecular complexity index is 736. The van der Waals surface area contributed by atoms with Crippen molar-refractivity contribution in [2.45, 2.75) is 20.4 Å². The molecule has 0 aliphatic rings. The number of rotatable bonds is 3. The second-order valence-corrected chi connectivity index (χ2v) is 5.04. The van der Waals surface area contributed by atoms with E-state index in [1.165, 1.54) is 16.7 Å². The van der Waals surface area contributed by atoms with Crippen molar-refractivity contribution in [3.05, 3.63) is 65.5 Å². The highest BCUT2D eigenvalue weighted by Gasteiger charge is 2.06. The molecular weight excluding hydrogens is 246 g/mol. The van der Waals surface area contributed by atoms with Crippen LogP contribution in [0, 0.1) is 13.8 Å². The fourth-order valence-corrected chi connectivity index (χ4v) is 2.45. The summed E-state index contributed by atoms with van der Waals surface area (Å²) in [5.74, 6) is 0.894. The molecule has 0 unspecified atom stereocenters. The molecule has 1 N–H and O–H groups in total. The molecule has 0 fully saturated rings. The maximum atomic E-state index is 4.39. The van der Waals surface area contributed by atoms with Gasteiger partial charge in [0.25, 0.3) is 0 Å². The van der Waals surface area contributed by atoms with Gasteiger partial charge in [-0.15, -0.1) is 0 Å². The molecule has 20 heavy (non-hydrogen) atoms. The van der Waals surface area contributed by atoms with Crippen LogP contribution in [0.15, 0.2) is 48.8 Å². The zero-order valence-electron chi connectivity index (χ0n) is 11.7. The van der Waals surface area contributed by atoms with Gasteiger partial charge in [0.2, 0.25) is 0 Å². The van der Waals surface area contributed by atoms with Crippen molar-refractivity contribution in [1.82, 2.24) is 9.97 Å². The van der Waals surface area contributed by atoms with E-state index >= 15 is 0 Å². The number of benzene rings is 2. The van der Waals surface area contributed by atoms with Crippen LogP contribution in [0.2, 0.25) is 0 Å². The Hall–Kier alpha value is -2.42. The Kier molecular flexibility index (Phi) is 3.33. The zero-order chi connectivity index (χ0) is 13.9. The van der Waals surface area contributed by atoms with Gasteiger partial charge in [0.15, 0.2) is 0 Å². The summed E-state index contributed by atoms with van der Waals surface area (Å²) in [4.78, 5) is 8.77. The summed E-state index contributed by atoms with van der Waals surface area (Å²) in [6, 6.07) is 14.6. The summed E-state index contributed by atoms with van der Waals surface area (Å²) >= 11 is 0. The summed E-state index contributed by atoms with van der Waals surface area (Å²) in [6.07, 6.45) is 1.62. The number of nitrogens with zero attached hydrogens (tertiary/aromatic N) is 2. The quantitative estimate of drug-likeness (QED) is 0.779. The lowest BCUT2D eigenvalue weighted by atomic mass is 10.1. The Balaban J connectivity index is 1.95. The number of fused-ring (bicyclic) bond motifs is 1. The molecule has 0 atom stereocenters. The zero-order valence-corrected chi connectivity index (χ0v) is 11.7. The van der Waals surface area contributed by atoms with Gasteiger partial charge in [0, 0.05) is 11.9 Å². The molecule has 3 nitrogen and oxygen atoms in total. The molecule has 3 heteroatoms. The van der Waals surface area contributed by atoms with Crippen molar-refractivity contribution in [2.24, 2.45) is 0 Å². The molecule has 1 heterocycles. The first-order chi connectivity index (χ1) is 9.74. The first kappa shape index (κ1) is 12.6. The Morgan fingerprint density at radius 3 is 2.60 bits per heavy atom. The van der Waals surface area contributed by atoms with Gasteiger partial charge in [0.05, 0.1) is 5.52 Å². The average molecular weight is 263 g/mol. The third kappa shape index (κ3) is 2.48. The topological polar surface area (TPSA) is 37.8 Å². The molecular formula is C17H17N3. The minimum absolute atomic E-state index is 0.764. The maximum Gasteiger partial charge on any atom is 0.137 e. The predicted octanol–water partition coefficient (Wildman–Crippen LogP) is 3.86. The van der Waals surface area contributed by atoms with E-state index in [0.29, 0.717) is 0 Å². The Morgan fingerprint density at radius 2 is 1.80 bits per heavy atom. The van der Waals surface area contributed by atoms with E-state index in [0.717, 1.165) is 23.3 Å². The van der Waals surface area contributed by atoms with Crippen molar-refractivity contribution >= 4 is 16.7 Å². The lowest BCUT2D eigenvalue weighted by Crippen LogP contribution is -2.03. The molecule has 2 aromatic carbocycles. The molecule has 100 valence electrons. The highest BCUT2D eigenvalue weighted by Crippen LogP contribution is 2.24. The van der Waals surface area contributed by atoms with Gasteiger partial charge in [-0.05, 0) is 36.6 Å². The molecule has 0 radical (unpaired) electrons. The van der Waals surface area contributed by atoms with E-state index in [4.69, 9.17) is 0 Å². The van der Waals surface area contributed by atoms with Gasteiger partial charge in [-0.2, -0.15) is 0 Å². The van der Waals surface area contributed by atoms with Gasteiger partial charge < -0.3 is 5.32 Å². The molecule has 0 spiro atoms. The van der Waals surface area contributed by atoms with Crippen molar-refractivity contribution in [1.29, 1.82) is 0 Å². The number of nitrogens with one attached hydrogen (secondary N) is 1. The summed E-state index contributed by atoms with van der Waals surface area (Å²) in [6.45, 7) is 4.95. The largest absolute Gasteiger partial charge is 0.365 e. The highest BCUT2D eigenvalue weighted by atomic mass is 15.0. The van der Waals surface area contributed by atoms with Gasteiger partial charge in [-0.3, -0.25) is 0 Å². The second-order valence-electron chi connectivity index (χ2n) is 5.04. The second kappa shape index (κ2) is 5.29. The summed E-state index contributed by atoms with van der Waals surface area (Å²) in [7, 11) is 0. The van der Waals surface area contributed by atoms with Crippen LogP contribution >= 0.6 is 0 Å². The number of hydrogen-bond acceptors (Lipinski definition) is 3. The fourth-order valence-electron chi connectivity index (χ4n) is 2.45. The molecule has 0 aliphatic heterocycles. The van der Waals surface area contributed by atoms with Crippen LogP contribution in [-0.2, 0) is 6.54 Å². The lowest BCUT2D eigenvalue weighted by molar-refractivity contribution is 1.10. The standard InChI is InChI=1S/C17H17N3/c1-12-8-13(2)16-15(9-12)17(20-11-19-16)18-10-14-6-4-3-5-7-14/h3-9,11H,10H2,1-2H3,(H,18,19,20). The predicted molar refractivity (Wildman–Crippen MR) is 82.8 cm³/mol. The highest BCUT2D eigenvalue weighted by molar-refractivity contribution is 5.91. The number of aromatic nitrogens is 2. The van der Waals surface area contributed by atoms with E-state index in [1.54, 1.807) is 6.33 Å². The monoisotopic (exact) mass is 263 g/mol. The van der Waals surface area contributed by atoms with Crippen LogP contribution in [0.25, 0.3) is 10.9 Å². The molecule has 0 saturated heterocycles. The van der Waals surface area contributed by atoms with Crippen LogP contribution in [0.1, 0.15) is 16.7 Å². The number of aryl methyl sites for hydroxylation is 2. The Morgan fingerprint density at radius 1 is 1.00 bits per heavy atom. The van der Waals surface area contributed by atoms with Crippen molar-refractivity contribution < 1.29 is 0 Å². The van der Waals surface area contributed by atoms with Crippen molar-refractivity contribution in [3.63, 3.8) is 0 Å². The van der Waals surface area contributed by atoms with Gasteiger partial charge in [-0.1, -0.05) is 36.4 Å². The Labute approximate surface area is 118 Å². The molecule has 3 rings (SSSR count). The van der Waals surface area contributed by atoms with Gasteiger partial charge in [-0.25, -0.2) is 9.97 Å². The normalized spacial score (nSPS) is 10.7. The van der Waals surface area contributed by atoms with Crippen LogP contribution < -0.4 is 5.32 Å². The maximum absolute atomic E-state index is 4.39. The molecule has 0 aliphatic carbocycles. The lowest BCUT2D eigenvalue weighted by Gasteiger charge is -2.10. The number of anilines is 1. The molecule has 0 bridgehead atoms. The molecule has 3 aromatic rings. The molecule has 1 aromatic heterocycles. The van der Waals surface area contributed by atoms with Crippen molar-refractivity contribution in [3.8, 4) is 0 Å². The van der Waals surface area contributed by atoms with Gasteiger partial charge >= 0.3 is 0 Å². The van der Waals surface area contributed by atoms with E-state index in [2.05, 4.69) is 53.4 Å². The third-order valence-corrected chi connectivity index (χ3v) is 3.38.